The molecule has 0 radical (unpaired) electrons. The molecule has 1 amide bonds. The lowest BCUT2D eigenvalue weighted by molar-refractivity contribution is -0.945. The van der Waals surface area contributed by atoms with Crippen LogP contribution in [0.1, 0.15) is 67.4 Å². The lowest BCUT2D eigenvalue weighted by atomic mass is 9.74. The van der Waals surface area contributed by atoms with E-state index < -0.39 is 5.41 Å². The Morgan fingerprint density at radius 2 is 1.75 bits per heavy atom. The van der Waals surface area contributed by atoms with Gasteiger partial charge in [-0.1, -0.05) is 56.0 Å². The van der Waals surface area contributed by atoms with E-state index in [2.05, 4.69) is 27.4 Å². The molecule has 1 aliphatic carbocycles. The molecule has 194 valence electrons. The van der Waals surface area contributed by atoms with Crippen molar-refractivity contribution < 1.29 is 35.8 Å². The number of piperidine rings is 3. The molecule has 1 N–H and O–H groups in total. The molecule has 36 heavy (non-hydrogen) atoms. The van der Waals surface area contributed by atoms with Gasteiger partial charge in [0.25, 0.3) is 5.91 Å². The predicted octanol–water partition coefficient (Wildman–Crippen LogP) is 0.655. The van der Waals surface area contributed by atoms with E-state index in [1.165, 1.54) is 25.2 Å². The highest BCUT2D eigenvalue weighted by atomic mass is 79.9. The van der Waals surface area contributed by atoms with Crippen LogP contribution in [0.15, 0.2) is 48.9 Å². The molecule has 4 heterocycles. The summed E-state index contributed by atoms with van der Waals surface area (Å²) in [6.07, 6.45) is 13.0. The third kappa shape index (κ3) is 5.65. The molecule has 2 aromatic rings. The number of halogens is 1. The Bertz CT molecular complexity index is 1000. The molecule has 4 aliphatic rings. The average Bonchev–Trinajstić information content (AvgIpc) is 3.17. The number of aromatic nitrogens is 2. The first-order chi connectivity index (χ1) is 17.1. The van der Waals surface area contributed by atoms with Crippen molar-refractivity contribution in [2.24, 2.45) is 5.92 Å². The molecule has 0 spiro atoms. The van der Waals surface area contributed by atoms with Gasteiger partial charge in [0.05, 0.1) is 37.8 Å². The van der Waals surface area contributed by atoms with E-state index in [1.54, 1.807) is 6.20 Å². The van der Waals surface area contributed by atoms with Crippen LogP contribution in [-0.2, 0) is 14.9 Å². The van der Waals surface area contributed by atoms with Crippen LogP contribution in [-0.4, -0.2) is 65.2 Å². The zero-order valence-corrected chi connectivity index (χ0v) is 22.5. The second-order valence-corrected chi connectivity index (χ2v) is 10.7. The zero-order chi connectivity index (χ0) is 24.1. The Kier molecular flexibility index (Phi) is 8.78. The smallest absolute Gasteiger partial charge is 0.317 e. The summed E-state index contributed by atoms with van der Waals surface area (Å²) in [5.41, 5.74) is 0.939. The fourth-order valence-corrected chi connectivity index (χ4v) is 6.53. The molecule has 1 saturated carbocycles. The summed E-state index contributed by atoms with van der Waals surface area (Å²) in [5.74, 6) is 0.245. The zero-order valence-electron chi connectivity index (χ0n) is 20.9. The number of nitrogens with one attached hydrogen (secondary N) is 1. The van der Waals surface area contributed by atoms with Gasteiger partial charge in [0.15, 0.2) is 6.10 Å². The molecule has 2 bridgehead atoms. The van der Waals surface area contributed by atoms with Crippen LogP contribution in [0.25, 0.3) is 0 Å². The van der Waals surface area contributed by atoms with Crippen molar-refractivity contribution in [1.82, 2.24) is 15.3 Å². The summed E-state index contributed by atoms with van der Waals surface area (Å²) < 4.78 is 7.35. The standard InChI is InChI=1S/C28H36N4O3.BrH/c33-26(24-20-29-14-15-30-24)31-16-19-32-17-10-22(11-18-32)25(21-32)35-27(34)28(12-6-1-2-7-13-28)23-8-4-3-5-9-23;/h3-5,8-9,14-15,20,22,25H,1-2,6-7,10-13,16-19,21H2;1H/t22?,25-,32?;/m0./s1. The number of benzene rings is 1. The van der Waals surface area contributed by atoms with Crippen molar-refractivity contribution in [3.8, 4) is 0 Å². The molecule has 4 fully saturated rings. The van der Waals surface area contributed by atoms with Gasteiger partial charge in [-0.3, -0.25) is 14.6 Å². The van der Waals surface area contributed by atoms with Gasteiger partial charge in [0, 0.05) is 31.2 Å². The van der Waals surface area contributed by atoms with Crippen molar-refractivity contribution in [3.63, 3.8) is 0 Å². The first kappa shape index (κ1) is 26.7. The third-order valence-electron chi connectivity index (χ3n) is 8.64. The Morgan fingerprint density at radius 1 is 1.03 bits per heavy atom. The van der Waals surface area contributed by atoms with Crippen molar-refractivity contribution in [3.05, 3.63) is 60.2 Å². The van der Waals surface area contributed by atoms with Crippen LogP contribution < -0.4 is 22.3 Å². The number of fused-ring (bicyclic) bond motifs is 3. The first-order valence-corrected chi connectivity index (χ1v) is 13.3. The lowest BCUT2D eigenvalue weighted by Crippen LogP contribution is -3.00. The highest BCUT2D eigenvalue weighted by Gasteiger charge is 2.50. The molecule has 0 unspecified atom stereocenters. The van der Waals surface area contributed by atoms with Gasteiger partial charge in [-0.2, -0.15) is 0 Å². The summed E-state index contributed by atoms with van der Waals surface area (Å²) in [5, 5.41) is 3.00. The number of esters is 1. The van der Waals surface area contributed by atoms with E-state index in [-0.39, 0.29) is 35.0 Å². The fourth-order valence-electron chi connectivity index (χ4n) is 6.53. The Labute approximate surface area is 224 Å². The van der Waals surface area contributed by atoms with Crippen molar-refractivity contribution in [2.75, 3.05) is 32.7 Å². The molecule has 8 heteroatoms. The van der Waals surface area contributed by atoms with Crippen molar-refractivity contribution in [1.29, 1.82) is 0 Å². The molecule has 1 atom stereocenters. The maximum atomic E-state index is 13.9. The minimum absolute atomic E-state index is 0. The van der Waals surface area contributed by atoms with Crippen LogP contribution >= 0.6 is 0 Å². The van der Waals surface area contributed by atoms with Gasteiger partial charge in [-0.15, -0.1) is 0 Å². The highest BCUT2D eigenvalue weighted by Crippen LogP contribution is 2.42. The van der Waals surface area contributed by atoms with Crippen LogP contribution in [0.4, 0.5) is 0 Å². The van der Waals surface area contributed by atoms with E-state index in [1.807, 2.05) is 18.2 Å². The van der Waals surface area contributed by atoms with Gasteiger partial charge in [-0.25, -0.2) is 4.98 Å². The minimum Gasteiger partial charge on any atom is -1.00 e. The molecule has 1 aromatic heterocycles. The van der Waals surface area contributed by atoms with Crippen LogP contribution in [0.2, 0.25) is 0 Å². The van der Waals surface area contributed by atoms with Gasteiger partial charge in [0.1, 0.15) is 12.2 Å². The summed E-state index contributed by atoms with van der Waals surface area (Å²) in [4.78, 5) is 34.3. The summed E-state index contributed by atoms with van der Waals surface area (Å²) in [6, 6.07) is 10.3. The minimum atomic E-state index is -0.515. The van der Waals surface area contributed by atoms with Crippen molar-refractivity contribution >= 4 is 11.9 Å². The number of quaternary nitrogens is 1. The average molecular weight is 558 g/mol. The van der Waals surface area contributed by atoms with Crippen LogP contribution in [0.5, 0.6) is 0 Å². The number of carbonyl (C=O) groups excluding carboxylic acids is 2. The lowest BCUT2D eigenvalue weighted by Gasteiger charge is -2.52. The van der Waals surface area contributed by atoms with E-state index in [0.717, 1.165) is 74.8 Å². The number of amides is 1. The quantitative estimate of drug-likeness (QED) is 0.308. The molecule has 1 aromatic carbocycles. The third-order valence-corrected chi connectivity index (χ3v) is 8.64. The molecular formula is C28H37BrN4O3. The Hall–Kier alpha value is -2.32. The number of nitrogens with zero attached hydrogens (tertiary/aromatic N) is 3. The Balaban J connectivity index is 0.00000304. The molecule has 3 saturated heterocycles. The largest absolute Gasteiger partial charge is 1.00 e. The second-order valence-electron chi connectivity index (χ2n) is 10.7. The number of hydrogen-bond acceptors (Lipinski definition) is 5. The van der Waals surface area contributed by atoms with Gasteiger partial charge in [-0.05, 0) is 18.4 Å². The maximum absolute atomic E-state index is 13.9. The van der Waals surface area contributed by atoms with Crippen LogP contribution in [0.3, 0.4) is 0 Å². The predicted molar refractivity (Wildman–Crippen MR) is 133 cm³/mol. The Morgan fingerprint density at radius 3 is 2.42 bits per heavy atom. The van der Waals surface area contributed by atoms with Crippen molar-refractivity contribution in [2.45, 2.75) is 62.9 Å². The number of rotatable bonds is 7. The normalized spacial score (nSPS) is 26.8. The monoisotopic (exact) mass is 556 g/mol. The molecule has 3 aliphatic heterocycles. The summed E-state index contributed by atoms with van der Waals surface area (Å²) in [7, 11) is 0. The fraction of sp³-hybridized carbons (Fsp3) is 0.571. The highest BCUT2D eigenvalue weighted by molar-refractivity contribution is 5.91. The SMILES string of the molecule is O=C(NCC[N+]12CCC(CC1)[C@@H](OC(=O)C1(c3ccccc3)CCCCCC1)C2)c1cnccn1.[Br-]. The first-order valence-electron chi connectivity index (χ1n) is 13.3. The van der Waals surface area contributed by atoms with E-state index in [9.17, 15) is 9.59 Å². The van der Waals surface area contributed by atoms with E-state index >= 15 is 0 Å². The van der Waals surface area contributed by atoms with E-state index in [4.69, 9.17) is 4.74 Å². The molecular weight excluding hydrogens is 520 g/mol. The van der Waals surface area contributed by atoms with Gasteiger partial charge >= 0.3 is 5.97 Å². The second kappa shape index (κ2) is 11.8. The number of carbonyl (C=O) groups is 2. The number of hydrogen-bond donors (Lipinski definition) is 1. The molecule has 6 rings (SSSR count). The summed E-state index contributed by atoms with van der Waals surface area (Å²) in [6.45, 7) is 4.45. The topological polar surface area (TPSA) is 81.2 Å². The van der Waals surface area contributed by atoms with Crippen LogP contribution in [0, 0.1) is 5.92 Å². The summed E-state index contributed by atoms with van der Waals surface area (Å²) >= 11 is 0. The maximum Gasteiger partial charge on any atom is 0.317 e. The van der Waals surface area contributed by atoms with Gasteiger partial charge in [0.2, 0.25) is 0 Å². The van der Waals surface area contributed by atoms with E-state index in [0.29, 0.717) is 18.2 Å². The number of ether oxygens (including phenoxy) is 1. The van der Waals surface area contributed by atoms with Gasteiger partial charge < -0.3 is 31.5 Å². The molecule has 7 nitrogen and oxygen atoms in total.